The molecule has 2 rings (SSSR count). The van der Waals surface area contributed by atoms with E-state index in [0.717, 1.165) is 19.3 Å². The van der Waals surface area contributed by atoms with Gasteiger partial charge in [-0.25, -0.2) is 0 Å². The summed E-state index contributed by atoms with van der Waals surface area (Å²) in [7, 11) is 0. The molecule has 6 heteroatoms. The van der Waals surface area contributed by atoms with E-state index >= 15 is 0 Å². The zero-order valence-electron chi connectivity index (χ0n) is 10.7. The molecule has 1 atom stereocenters. The van der Waals surface area contributed by atoms with Crippen molar-refractivity contribution in [3.63, 3.8) is 0 Å². The molecule has 0 aromatic heterocycles. The molecule has 1 fully saturated rings. The van der Waals surface area contributed by atoms with Gasteiger partial charge in [0.2, 0.25) is 0 Å². The van der Waals surface area contributed by atoms with Crippen LogP contribution in [0.4, 0.5) is 11.4 Å². The molecule has 19 heavy (non-hydrogen) atoms. The predicted octanol–water partition coefficient (Wildman–Crippen LogP) is 1.44. The number of hydrogen-bond acceptors (Lipinski definition) is 5. The first kappa shape index (κ1) is 13.8. The second kappa shape index (κ2) is 5.99. The maximum atomic E-state index is 11.2. The third-order valence-electron chi connectivity index (χ3n) is 3.57. The first-order chi connectivity index (χ1) is 9.17. The molecule has 2 N–H and O–H groups in total. The number of nitrogens with zero attached hydrogens (tertiary/aromatic N) is 2. The molecule has 6 nitrogen and oxygen atoms in total. The molecule has 0 aliphatic carbocycles. The molecule has 0 saturated carbocycles. The molecule has 1 aromatic rings. The van der Waals surface area contributed by atoms with Crippen LogP contribution in [0.5, 0.6) is 0 Å². The Hall–Kier alpha value is -1.66. The molecule has 0 amide bonds. The van der Waals surface area contributed by atoms with Crippen molar-refractivity contribution in [1.29, 1.82) is 0 Å². The Bertz CT molecular complexity index is 464. The summed E-state index contributed by atoms with van der Waals surface area (Å²) in [6.45, 7) is 0.494. The van der Waals surface area contributed by atoms with Gasteiger partial charge < -0.3 is 15.1 Å². The average Bonchev–Trinajstić information content (AvgIpc) is 2.46. The van der Waals surface area contributed by atoms with Gasteiger partial charge in [-0.15, -0.1) is 0 Å². The molecule has 1 aliphatic rings. The van der Waals surface area contributed by atoms with E-state index in [1.165, 1.54) is 6.07 Å². The summed E-state index contributed by atoms with van der Waals surface area (Å²) in [4.78, 5) is 12.6. The van der Waals surface area contributed by atoms with Gasteiger partial charge in [0.1, 0.15) is 5.69 Å². The summed E-state index contributed by atoms with van der Waals surface area (Å²) in [6, 6.07) is 4.69. The number of anilines is 1. The van der Waals surface area contributed by atoms with Gasteiger partial charge in [-0.3, -0.25) is 10.1 Å². The second-order valence-corrected chi connectivity index (χ2v) is 4.76. The van der Waals surface area contributed by atoms with E-state index in [2.05, 4.69) is 0 Å². The van der Waals surface area contributed by atoms with Gasteiger partial charge in [-0.1, -0.05) is 6.07 Å². The maximum Gasteiger partial charge on any atom is 0.292 e. The SMILES string of the molecule is O=[N+]([O-])c1cc(CO)ccc1N1CCCCC1CO. The zero-order chi connectivity index (χ0) is 13.8. The molecule has 1 heterocycles. The fourth-order valence-electron chi connectivity index (χ4n) is 2.56. The lowest BCUT2D eigenvalue weighted by molar-refractivity contribution is -0.384. The van der Waals surface area contributed by atoms with Crippen LogP contribution in [0.1, 0.15) is 24.8 Å². The average molecular weight is 266 g/mol. The van der Waals surface area contributed by atoms with Crippen LogP contribution in [-0.2, 0) is 6.61 Å². The van der Waals surface area contributed by atoms with Gasteiger partial charge in [0, 0.05) is 12.6 Å². The molecular formula is C13H18N2O4. The Balaban J connectivity index is 2.39. The topological polar surface area (TPSA) is 86.8 Å². The third-order valence-corrected chi connectivity index (χ3v) is 3.57. The van der Waals surface area contributed by atoms with Crippen LogP contribution in [0.2, 0.25) is 0 Å². The van der Waals surface area contributed by atoms with E-state index in [4.69, 9.17) is 5.11 Å². The van der Waals surface area contributed by atoms with Crippen LogP contribution >= 0.6 is 0 Å². The third kappa shape index (κ3) is 2.85. The number of rotatable bonds is 4. The molecule has 1 aliphatic heterocycles. The van der Waals surface area contributed by atoms with Crippen molar-refractivity contribution in [2.75, 3.05) is 18.1 Å². The van der Waals surface area contributed by atoms with Gasteiger partial charge >= 0.3 is 0 Å². The Labute approximate surface area is 111 Å². The lowest BCUT2D eigenvalue weighted by Crippen LogP contribution is -2.42. The summed E-state index contributed by atoms with van der Waals surface area (Å²) in [5.41, 5.74) is 1.04. The predicted molar refractivity (Wildman–Crippen MR) is 71.1 cm³/mol. The minimum absolute atomic E-state index is 0.00109. The molecule has 1 aromatic carbocycles. The monoisotopic (exact) mass is 266 g/mol. The van der Waals surface area contributed by atoms with Gasteiger partial charge in [0.15, 0.2) is 0 Å². The van der Waals surface area contributed by atoms with E-state index in [0.29, 0.717) is 17.8 Å². The molecule has 0 bridgehead atoms. The number of nitro groups is 1. The van der Waals surface area contributed by atoms with E-state index in [9.17, 15) is 15.2 Å². The quantitative estimate of drug-likeness (QED) is 0.636. The fourth-order valence-corrected chi connectivity index (χ4v) is 2.56. The molecule has 1 unspecified atom stereocenters. The van der Waals surface area contributed by atoms with Crippen molar-refractivity contribution in [3.05, 3.63) is 33.9 Å². The van der Waals surface area contributed by atoms with Crippen molar-refractivity contribution < 1.29 is 15.1 Å². The lowest BCUT2D eigenvalue weighted by atomic mass is 10.0. The summed E-state index contributed by atoms with van der Waals surface area (Å²) >= 11 is 0. The van der Waals surface area contributed by atoms with Crippen molar-refractivity contribution in [1.82, 2.24) is 0 Å². The molecule has 1 saturated heterocycles. The number of nitro benzene ring substituents is 1. The van der Waals surface area contributed by atoms with Crippen LogP contribution in [0.3, 0.4) is 0 Å². The highest BCUT2D eigenvalue weighted by atomic mass is 16.6. The van der Waals surface area contributed by atoms with Crippen LogP contribution in [0, 0.1) is 10.1 Å². The Morgan fingerprint density at radius 1 is 1.37 bits per heavy atom. The van der Waals surface area contributed by atoms with Gasteiger partial charge in [-0.2, -0.15) is 0 Å². The van der Waals surface area contributed by atoms with Crippen LogP contribution in [0.15, 0.2) is 18.2 Å². The van der Waals surface area contributed by atoms with E-state index in [-0.39, 0.29) is 24.9 Å². The fraction of sp³-hybridized carbons (Fsp3) is 0.538. The van der Waals surface area contributed by atoms with Crippen molar-refractivity contribution >= 4 is 11.4 Å². The molecule has 104 valence electrons. The maximum absolute atomic E-state index is 11.2. The summed E-state index contributed by atoms with van der Waals surface area (Å²) in [5.74, 6) is 0. The number of hydrogen-bond donors (Lipinski definition) is 2. The summed E-state index contributed by atoms with van der Waals surface area (Å²) in [6.07, 6.45) is 2.84. The zero-order valence-corrected chi connectivity index (χ0v) is 10.7. The molecular weight excluding hydrogens is 248 g/mol. The first-order valence-corrected chi connectivity index (χ1v) is 6.43. The normalized spacial score (nSPS) is 19.5. The highest BCUT2D eigenvalue weighted by Crippen LogP contribution is 2.33. The number of piperidine rings is 1. The Morgan fingerprint density at radius 3 is 2.79 bits per heavy atom. The molecule has 0 spiro atoms. The first-order valence-electron chi connectivity index (χ1n) is 6.43. The molecule has 0 radical (unpaired) electrons. The highest BCUT2D eigenvalue weighted by Gasteiger charge is 2.27. The minimum atomic E-state index is -0.433. The van der Waals surface area contributed by atoms with Crippen LogP contribution in [0.25, 0.3) is 0 Å². The number of benzene rings is 1. The van der Waals surface area contributed by atoms with E-state index in [1.807, 2.05) is 4.90 Å². The largest absolute Gasteiger partial charge is 0.394 e. The number of aliphatic hydroxyl groups is 2. The standard InChI is InChI=1S/C13H18N2O4/c16-8-10-4-5-12(13(7-10)15(18)19)14-6-2-1-3-11(14)9-17/h4-5,7,11,16-17H,1-3,6,8-9H2. The van der Waals surface area contributed by atoms with Crippen LogP contribution < -0.4 is 4.90 Å². The highest BCUT2D eigenvalue weighted by molar-refractivity contribution is 5.65. The van der Waals surface area contributed by atoms with Crippen LogP contribution in [-0.4, -0.2) is 34.3 Å². The summed E-state index contributed by atoms with van der Waals surface area (Å²) in [5, 5.41) is 29.6. The van der Waals surface area contributed by atoms with Gasteiger partial charge in [-0.05, 0) is 30.9 Å². The van der Waals surface area contributed by atoms with E-state index in [1.54, 1.807) is 12.1 Å². The Kier molecular flexibility index (Phi) is 4.34. The van der Waals surface area contributed by atoms with Gasteiger partial charge in [0.05, 0.1) is 24.2 Å². The van der Waals surface area contributed by atoms with Gasteiger partial charge in [0.25, 0.3) is 5.69 Å². The van der Waals surface area contributed by atoms with Crippen molar-refractivity contribution in [2.24, 2.45) is 0 Å². The number of aliphatic hydroxyl groups excluding tert-OH is 2. The smallest absolute Gasteiger partial charge is 0.292 e. The summed E-state index contributed by atoms with van der Waals surface area (Å²) < 4.78 is 0. The Morgan fingerprint density at radius 2 is 2.16 bits per heavy atom. The second-order valence-electron chi connectivity index (χ2n) is 4.76. The van der Waals surface area contributed by atoms with Crippen molar-refractivity contribution in [2.45, 2.75) is 31.9 Å². The van der Waals surface area contributed by atoms with E-state index < -0.39 is 4.92 Å². The lowest BCUT2D eigenvalue weighted by Gasteiger charge is -2.36. The van der Waals surface area contributed by atoms with Crippen molar-refractivity contribution in [3.8, 4) is 0 Å². The minimum Gasteiger partial charge on any atom is -0.394 e.